The maximum absolute atomic E-state index is 11.7. The third-order valence-corrected chi connectivity index (χ3v) is 4.35. The fourth-order valence-corrected chi connectivity index (χ4v) is 2.36. The Bertz CT molecular complexity index is 601. The van der Waals surface area contributed by atoms with Crippen LogP contribution in [0.5, 0.6) is 5.75 Å². The van der Waals surface area contributed by atoms with Gasteiger partial charge in [-0.1, -0.05) is 11.6 Å². The van der Waals surface area contributed by atoms with E-state index in [-0.39, 0.29) is 34.2 Å². The van der Waals surface area contributed by atoms with Gasteiger partial charge in [0, 0.05) is 23.8 Å². The van der Waals surface area contributed by atoms with Crippen LogP contribution < -0.4 is 4.74 Å². The minimum absolute atomic E-state index is 0.0605. The molecular formula is C12H15Cl2NO4S. The highest BCUT2D eigenvalue weighted by Gasteiger charge is 2.15. The molecule has 1 aromatic carbocycles. The van der Waals surface area contributed by atoms with Crippen molar-refractivity contribution < 1.29 is 17.9 Å². The van der Waals surface area contributed by atoms with Crippen molar-refractivity contribution in [3.05, 3.63) is 23.2 Å². The number of nitrogens with zero attached hydrogens (tertiary/aromatic N) is 1. The molecule has 0 aromatic heterocycles. The minimum Gasteiger partial charge on any atom is -0.482 e. The highest BCUT2D eigenvalue weighted by atomic mass is 35.7. The van der Waals surface area contributed by atoms with Gasteiger partial charge < -0.3 is 9.64 Å². The molecule has 0 saturated carbocycles. The Kier molecular flexibility index (Phi) is 5.68. The zero-order valence-electron chi connectivity index (χ0n) is 11.3. The molecule has 0 N–H and O–H groups in total. The Morgan fingerprint density at radius 2 is 2.00 bits per heavy atom. The molecule has 0 fully saturated rings. The molecule has 0 aliphatic rings. The molecule has 0 spiro atoms. The largest absolute Gasteiger partial charge is 0.482 e. The normalized spacial score (nSPS) is 11.5. The van der Waals surface area contributed by atoms with E-state index in [0.29, 0.717) is 0 Å². The lowest BCUT2D eigenvalue weighted by atomic mass is 10.3. The topological polar surface area (TPSA) is 63.7 Å². The molecule has 1 aromatic rings. The van der Waals surface area contributed by atoms with Crippen molar-refractivity contribution >= 4 is 37.2 Å². The summed E-state index contributed by atoms with van der Waals surface area (Å²) in [5, 5.41) is 0.0757. The van der Waals surface area contributed by atoms with Gasteiger partial charge in [0.05, 0.1) is 9.92 Å². The fourth-order valence-electron chi connectivity index (χ4n) is 1.28. The van der Waals surface area contributed by atoms with Crippen LogP contribution in [0.2, 0.25) is 5.02 Å². The van der Waals surface area contributed by atoms with Crippen LogP contribution in [0.1, 0.15) is 13.8 Å². The third kappa shape index (κ3) is 4.54. The Hall–Kier alpha value is -0.980. The summed E-state index contributed by atoms with van der Waals surface area (Å²) in [6, 6.07) is 3.86. The van der Waals surface area contributed by atoms with E-state index < -0.39 is 9.05 Å². The van der Waals surface area contributed by atoms with Crippen LogP contribution in [-0.4, -0.2) is 38.9 Å². The van der Waals surface area contributed by atoms with Gasteiger partial charge in [0.2, 0.25) is 0 Å². The van der Waals surface area contributed by atoms with Crippen molar-refractivity contribution in [2.45, 2.75) is 24.8 Å². The molecule has 0 aliphatic heterocycles. The molecule has 112 valence electrons. The lowest BCUT2D eigenvalue weighted by Crippen LogP contribution is -2.36. The van der Waals surface area contributed by atoms with Crippen molar-refractivity contribution in [3.63, 3.8) is 0 Å². The summed E-state index contributed by atoms with van der Waals surface area (Å²) in [6.07, 6.45) is 0. The van der Waals surface area contributed by atoms with Crippen molar-refractivity contribution in [1.82, 2.24) is 4.90 Å². The van der Waals surface area contributed by atoms with E-state index >= 15 is 0 Å². The molecule has 1 amide bonds. The van der Waals surface area contributed by atoms with Gasteiger partial charge >= 0.3 is 0 Å². The summed E-state index contributed by atoms with van der Waals surface area (Å²) in [7, 11) is 3.03. The zero-order chi connectivity index (χ0) is 15.5. The number of likely N-dealkylation sites (N-methyl/N-ethyl adjacent to an activating group) is 1. The Balaban J connectivity index is 2.78. The summed E-state index contributed by atoms with van der Waals surface area (Å²) >= 11 is 5.89. The molecule has 20 heavy (non-hydrogen) atoms. The number of carbonyl (C=O) groups excluding carboxylic acids is 1. The minimum atomic E-state index is -3.84. The second-order valence-corrected chi connectivity index (χ2v) is 7.39. The van der Waals surface area contributed by atoms with E-state index in [1.807, 2.05) is 13.8 Å². The monoisotopic (exact) mass is 339 g/mol. The van der Waals surface area contributed by atoms with Crippen molar-refractivity contribution in [2.24, 2.45) is 0 Å². The summed E-state index contributed by atoms with van der Waals surface area (Å²) in [5.74, 6) is 0.0198. The first-order valence-electron chi connectivity index (χ1n) is 5.75. The predicted octanol–water partition coefficient (Wildman–Crippen LogP) is 2.51. The summed E-state index contributed by atoms with van der Waals surface area (Å²) < 4.78 is 27.5. The molecule has 0 unspecified atom stereocenters. The van der Waals surface area contributed by atoms with Crippen LogP contribution in [0.15, 0.2) is 23.1 Å². The lowest BCUT2D eigenvalue weighted by molar-refractivity contribution is -0.133. The number of benzene rings is 1. The van der Waals surface area contributed by atoms with Gasteiger partial charge in [-0.15, -0.1) is 0 Å². The van der Waals surface area contributed by atoms with Gasteiger partial charge in [0.25, 0.3) is 15.0 Å². The first-order chi connectivity index (χ1) is 9.12. The maximum Gasteiger partial charge on any atom is 0.261 e. The first kappa shape index (κ1) is 17.1. The fraction of sp³-hybridized carbons (Fsp3) is 0.417. The van der Waals surface area contributed by atoms with Crippen molar-refractivity contribution in [2.75, 3.05) is 13.7 Å². The zero-order valence-corrected chi connectivity index (χ0v) is 13.6. The Labute approximate surface area is 127 Å². The second kappa shape index (κ2) is 6.65. The lowest BCUT2D eigenvalue weighted by Gasteiger charge is -2.21. The van der Waals surface area contributed by atoms with Crippen LogP contribution in [0.3, 0.4) is 0 Å². The highest BCUT2D eigenvalue weighted by molar-refractivity contribution is 8.13. The van der Waals surface area contributed by atoms with Crippen molar-refractivity contribution in [3.8, 4) is 5.75 Å². The molecule has 1 rings (SSSR count). The van der Waals surface area contributed by atoms with Crippen molar-refractivity contribution in [1.29, 1.82) is 0 Å². The average Bonchev–Trinajstić information content (AvgIpc) is 2.34. The molecule has 0 atom stereocenters. The van der Waals surface area contributed by atoms with Gasteiger partial charge in [-0.25, -0.2) is 8.42 Å². The number of carbonyl (C=O) groups is 1. The van der Waals surface area contributed by atoms with E-state index in [0.717, 1.165) is 0 Å². The van der Waals surface area contributed by atoms with Crippen LogP contribution >= 0.6 is 22.3 Å². The Morgan fingerprint density at radius 3 is 2.45 bits per heavy atom. The van der Waals surface area contributed by atoms with Crippen LogP contribution in [-0.2, 0) is 13.8 Å². The third-order valence-electron chi connectivity index (χ3n) is 2.70. The first-order valence-corrected chi connectivity index (χ1v) is 8.44. The summed E-state index contributed by atoms with van der Waals surface area (Å²) in [6.45, 7) is 3.58. The van der Waals surface area contributed by atoms with Gasteiger partial charge in [-0.2, -0.15) is 0 Å². The number of amides is 1. The smallest absolute Gasteiger partial charge is 0.261 e. The van der Waals surface area contributed by atoms with E-state index in [2.05, 4.69) is 0 Å². The average molecular weight is 340 g/mol. The standard InChI is InChI=1S/C12H15Cl2NO4S/c1-8(2)15(3)12(16)7-19-11-5-4-9(6-10(11)13)20(14,17)18/h4-6,8H,7H2,1-3H3. The van der Waals surface area contributed by atoms with Crippen LogP contribution in [0.4, 0.5) is 0 Å². The van der Waals surface area contributed by atoms with Crippen LogP contribution in [0.25, 0.3) is 0 Å². The van der Waals surface area contributed by atoms with E-state index in [1.54, 1.807) is 7.05 Å². The van der Waals surface area contributed by atoms with Crippen LogP contribution in [0, 0.1) is 0 Å². The van der Waals surface area contributed by atoms with Gasteiger partial charge in [0.15, 0.2) is 6.61 Å². The van der Waals surface area contributed by atoms with E-state index in [1.165, 1.54) is 23.1 Å². The van der Waals surface area contributed by atoms with Gasteiger partial charge in [0.1, 0.15) is 5.75 Å². The molecule has 0 aliphatic carbocycles. The molecular weight excluding hydrogens is 325 g/mol. The predicted molar refractivity (Wildman–Crippen MR) is 77.9 cm³/mol. The quantitative estimate of drug-likeness (QED) is 0.773. The number of halogens is 2. The summed E-state index contributed by atoms with van der Waals surface area (Å²) in [4.78, 5) is 13.1. The number of rotatable bonds is 5. The Morgan fingerprint density at radius 1 is 1.40 bits per heavy atom. The summed E-state index contributed by atoms with van der Waals surface area (Å²) in [5.41, 5.74) is 0. The number of hydrogen-bond donors (Lipinski definition) is 0. The molecule has 0 heterocycles. The molecule has 8 heteroatoms. The number of hydrogen-bond acceptors (Lipinski definition) is 4. The molecule has 5 nitrogen and oxygen atoms in total. The van der Waals surface area contributed by atoms with E-state index in [9.17, 15) is 13.2 Å². The molecule has 0 radical (unpaired) electrons. The van der Waals surface area contributed by atoms with Gasteiger partial charge in [-0.05, 0) is 32.0 Å². The second-order valence-electron chi connectivity index (χ2n) is 4.42. The SMILES string of the molecule is CC(C)N(C)C(=O)COc1ccc(S(=O)(=O)Cl)cc1Cl. The van der Waals surface area contributed by atoms with E-state index in [4.69, 9.17) is 27.0 Å². The number of ether oxygens (including phenoxy) is 1. The van der Waals surface area contributed by atoms with Gasteiger partial charge in [-0.3, -0.25) is 4.79 Å². The molecule has 0 bridgehead atoms. The molecule has 0 saturated heterocycles. The maximum atomic E-state index is 11.7. The highest BCUT2D eigenvalue weighted by Crippen LogP contribution is 2.28.